The largest absolute Gasteiger partial charge is 0.479 e. The molecule has 8 nitrogen and oxygen atoms in total. The van der Waals surface area contributed by atoms with Gasteiger partial charge in [0.05, 0.1) is 28.6 Å². The molecule has 2 N–H and O–H groups in total. The number of aromatic nitrogens is 4. The highest BCUT2D eigenvalue weighted by molar-refractivity contribution is 6.42. The van der Waals surface area contributed by atoms with E-state index in [-0.39, 0.29) is 25.3 Å². The highest BCUT2D eigenvalue weighted by Gasteiger charge is 2.34. The van der Waals surface area contributed by atoms with Crippen molar-refractivity contribution in [2.24, 2.45) is 5.92 Å². The monoisotopic (exact) mass is 557 g/mol. The number of piperidine rings is 1. The number of carboxylic acid groups (broad SMARTS) is 1. The smallest absolute Gasteiger partial charge is 0.334 e. The Morgan fingerprint density at radius 2 is 1.92 bits per heavy atom. The van der Waals surface area contributed by atoms with E-state index in [0.717, 1.165) is 37.2 Å². The van der Waals surface area contributed by atoms with Crippen LogP contribution in [-0.2, 0) is 17.8 Å². The second-order valence-electron chi connectivity index (χ2n) is 10.0. The van der Waals surface area contributed by atoms with Gasteiger partial charge >= 0.3 is 5.97 Å². The van der Waals surface area contributed by atoms with Crippen molar-refractivity contribution in [3.8, 4) is 11.1 Å². The maximum atomic E-state index is 14.0. The number of anilines is 1. The molecule has 1 fully saturated rings. The van der Waals surface area contributed by atoms with Crippen LogP contribution in [0.25, 0.3) is 22.0 Å². The van der Waals surface area contributed by atoms with Crippen molar-refractivity contribution in [3.05, 3.63) is 64.3 Å². The number of nitrogens with zero attached hydrogens (tertiary/aromatic N) is 5. The number of benzene rings is 2. The summed E-state index contributed by atoms with van der Waals surface area (Å²) < 4.78 is 16.9. The molecule has 2 aromatic carbocycles. The lowest BCUT2D eigenvalue weighted by Gasteiger charge is -2.33. The Morgan fingerprint density at radius 3 is 2.61 bits per heavy atom. The van der Waals surface area contributed by atoms with Crippen molar-refractivity contribution in [2.45, 2.75) is 38.0 Å². The first-order chi connectivity index (χ1) is 18.3. The Kier molecular flexibility index (Phi) is 6.53. The lowest BCUT2D eigenvalue weighted by molar-refractivity contribution is -0.139. The summed E-state index contributed by atoms with van der Waals surface area (Å²) in [6, 6.07) is 8.57. The van der Waals surface area contributed by atoms with Crippen molar-refractivity contribution in [1.82, 2.24) is 19.3 Å². The first-order valence-electron chi connectivity index (χ1n) is 12.6. The van der Waals surface area contributed by atoms with Gasteiger partial charge in [0.1, 0.15) is 11.7 Å². The minimum Gasteiger partial charge on any atom is -0.479 e. The molecule has 0 saturated carbocycles. The summed E-state index contributed by atoms with van der Waals surface area (Å²) in [7, 11) is 0. The Labute approximate surface area is 228 Å². The molecule has 2 aliphatic heterocycles. The second kappa shape index (κ2) is 9.87. The van der Waals surface area contributed by atoms with Crippen LogP contribution in [0, 0.1) is 5.92 Å². The van der Waals surface area contributed by atoms with Crippen LogP contribution < -0.4 is 4.90 Å². The summed E-state index contributed by atoms with van der Waals surface area (Å²) in [5, 5.41) is 25.3. The predicted octanol–water partition coefficient (Wildman–Crippen LogP) is 4.98. The maximum absolute atomic E-state index is 14.0. The SMILES string of the molecule is O=C(O)C(c1ncn2c1C[C@@H](F)C2)n1cc2c(Cl)cc(-c3ccc(N4CCC(CO)CC4)cc3)c(Cl)c2n1. The fourth-order valence-electron chi connectivity index (χ4n) is 5.57. The summed E-state index contributed by atoms with van der Waals surface area (Å²) in [4.78, 5) is 18.9. The molecule has 6 rings (SSSR count). The van der Waals surface area contributed by atoms with E-state index in [2.05, 4.69) is 15.0 Å². The Balaban J connectivity index is 1.34. The lowest BCUT2D eigenvalue weighted by Crippen LogP contribution is -2.34. The van der Waals surface area contributed by atoms with E-state index in [1.54, 1.807) is 16.8 Å². The van der Waals surface area contributed by atoms with Gasteiger partial charge in [0.25, 0.3) is 0 Å². The zero-order valence-corrected chi connectivity index (χ0v) is 21.9. The molecule has 0 bridgehead atoms. The number of hydrogen-bond donors (Lipinski definition) is 2. The van der Waals surface area contributed by atoms with Crippen LogP contribution in [-0.4, -0.2) is 61.4 Å². The third-order valence-corrected chi connectivity index (χ3v) is 8.36. The molecule has 1 unspecified atom stereocenters. The molecule has 0 aliphatic carbocycles. The quantitative estimate of drug-likeness (QED) is 0.347. The Hall–Kier alpha value is -3.14. The minimum atomic E-state index is -1.24. The molecule has 38 heavy (non-hydrogen) atoms. The van der Waals surface area contributed by atoms with Gasteiger partial charge in [-0.25, -0.2) is 14.2 Å². The number of rotatable bonds is 6. The molecule has 0 spiro atoms. The number of carboxylic acids is 1. The topological polar surface area (TPSA) is 96.4 Å². The van der Waals surface area contributed by atoms with Crippen molar-refractivity contribution in [3.63, 3.8) is 0 Å². The molecule has 1 saturated heterocycles. The van der Waals surface area contributed by atoms with Gasteiger partial charge in [0.15, 0.2) is 6.04 Å². The van der Waals surface area contributed by atoms with Crippen molar-refractivity contribution in [2.75, 3.05) is 24.6 Å². The Bertz CT molecular complexity index is 1510. The number of aliphatic carboxylic acids is 1. The molecule has 2 aliphatic rings. The van der Waals surface area contributed by atoms with Gasteiger partial charge in [0.2, 0.25) is 0 Å². The van der Waals surface area contributed by atoms with Crippen LogP contribution >= 0.6 is 23.2 Å². The normalized spacial score (nSPS) is 18.7. The first kappa shape index (κ1) is 25.2. The minimum absolute atomic E-state index is 0.112. The van der Waals surface area contributed by atoms with Crippen molar-refractivity contribution >= 4 is 45.8 Å². The third kappa shape index (κ3) is 4.32. The van der Waals surface area contributed by atoms with E-state index in [0.29, 0.717) is 38.1 Å². The highest BCUT2D eigenvalue weighted by atomic mass is 35.5. The fraction of sp³-hybridized carbons (Fsp3) is 0.370. The van der Waals surface area contributed by atoms with Gasteiger partial charge in [-0.15, -0.1) is 0 Å². The van der Waals surface area contributed by atoms with E-state index in [4.69, 9.17) is 23.2 Å². The van der Waals surface area contributed by atoms with E-state index in [1.165, 1.54) is 11.0 Å². The molecule has 0 radical (unpaired) electrons. The number of aliphatic hydroxyl groups excluding tert-OH is 1. The molecule has 4 heterocycles. The molecule has 4 aromatic rings. The van der Waals surface area contributed by atoms with Crippen LogP contribution in [0.4, 0.5) is 10.1 Å². The molecular weight excluding hydrogens is 532 g/mol. The van der Waals surface area contributed by atoms with Crippen LogP contribution in [0.15, 0.2) is 42.9 Å². The van der Waals surface area contributed by atoms with E-state index in [9.17, 15) is 19.4 Å². The van der Waals surface area contributed by atoms with Crippen molar-refractivity contribution < 1.29 is 19.4 Å². The predicted molar refractivity (Wildman–Crippen MR) is 144 cm³/mol. The number of carbonyl (C=O) groups is 1. The number of fused-ring (bicyclic) bond motifs is 2. The zero-order chi connectivity index (χ0) is 26.6. The summed E-state index contributed by atoms with van der Waals surface area (Å²) in [5.74, 6) is -0.790. The number of halogens is 3. The molecule has 11 heteroatoms. The van der Waals surface area contributed by atoms with Crippen molar-refractivity contribution in [1.29, 1.82) is 0 Å². The van der Waals surface area contributed by atoms with E-state index < -0.39 is 18.2 Å². The van der Waals surface area contributed by atoms with Gasteiger partial charge in [-0.2, -0.15) is 5.10 Å². The average Bonchev–Trinajstić information content (AvgIpc) is 3.62. The van der Waals surface area contributed by atoms with Gasteiger partial charge in [-0.1, -0.05) is 35.3 Å². The molecule has 2 atom stereocenters. The zero-order valence-electron chi connectivity index (χ0n) is 20.4. The molecular formula is C27H26Cl2FN5O3. The van der Waals surface area contributed by atoms with Gasteiger partial charge in [0, 0.05) is 54.6 Å². The number of alkyl halides is 1. The second-order valence-corrected chi connectivity index (χ2v) is 10.8. The standard InChI is InChI=1S/C27H26Cl2FN5O3/c28-21-10-19(16-1-3-18(4-2-16)33-7-5-15(13-36)6-8-33)23(29)24-20(21)12-35(32-24)26(27(37)38)25-22-9-17(30)11-34(22)14-31-25/h1-4,10,12,14-15,17,26,36H,5-9,11,13H2,(H,37,38)/t17-,26?/m1/s1. The number of imidazole rings is 1. The van der Waals surface area contributed by atoms with E-state index in [1.807, 2.05) is 24.3 Å². The van der Waals surface area contributed by atoms with Crippen LogP contribution in [0.5, 0.6) is 0 Å². The third-order valence-electron chi connectivity index (χ3n) is 7.67. The van der Waals surface area contributed by atoms with Gasteiger partial charge in [-0.05, 0) is 42.5 Å². The van der Waals surface area contributed by atoms with E-state index >= 15 is 0 Å². The van der Waals surface area contributed by atoms with Crippen LogP contribution in [0.1, 0.15) is 30.3 Å². The van der Waals surface area contributed by atoms with Gasteiger partial charge in [-0.3, -0.25) is 4.68 Å². The first-order valence-corrected chi connectivity index (χ1v) is 13.3. The Morgan fingerprint density at radius 1 is 1.18 bits per heavy atom. The lowest BCUT2D eigenvalue weighted by atomic mass is 9.97. The number of aliphatic hydroxyl groups is 1. The van der Waals surface area contributed by atoms with Crippen LogP contribution in [0.2, 0.25) is 10.0 Å². The van der Waals surface area contributed by atoms with Crippen LogP contribution in [0.3, 0.4) is 0 Å². The highest BCUT2D eigenvalue weighted by Crippen LogP contribution is 2.40. The molecule has 198 valence electrons. The molecule has 2 aromatic heterocycles. The fourth-order valence-corrected chi connectivity index (χ4v) is 6.12. The molecule has 0 amide bonds. The summed E-state index contributed by atoms with van der Waals surface area (Å²) in [6.45, 7) is 2.20. The average molecular weight is 558 g/mol. The number of hydrogen-bond acceptors (Lipinski definition) is 5. The van der Waals surface area contributed by atoms with Gasteiger partial charge < -0.3 is 19.7 Å². The summed E-state index contributed by atoms with van der Waals surface area (Å²) in [6.07, 6.45) is 4.00. The summed E-state index contributed by atoms with van der Waals surface area (Å²) >= 11 is 13.5. The maximum Gasteiger partial charge on any atom is 0.334 e. The summed E-state index contributed by atoms with van der Waals surface area (Å²) in [5.41, 5.74) is 3.85.